The van der Waals surface area contributed by atoms with Crippen LogP contribution >= 0.6 is 0 Å². The van der Waals surface area contributed by atoms with Gasteiger partial charge in [0.1, 0.15) is 0 Å². The molecule has 4 nitrogen and oxygen atoms in total. The number of hydrogen-bond donors (Lipinski definition) is 1. The van der Waals surface area contributed by atoms with Gasteiger partial charge in [0.2, 0.25) is 11.8 Å². The van der Waals surface area contributed by atoms with E-state index in [1.54, 1.807) is 0 Å². The number of amides is 2. The van der Waals surface area contributed by atoms with Gasteiger partial charge in [-0.3, -0.25) is 19.8 Å². The monoisotopic (exact) mass is 196 g/mol. The van der Waals surface area contributed by atoms with Crippen LogP contribution in [0.3, 0.4) is 0 Å². The molecule has 1 N–H and O–H groups in total. The van der Waals surface area contributed by atoms with Crippen molar-refractivity contribution in [3.63, 3.8) is 0 Å². The lowest BCUT2D eigenvalue weighted by atomic mass is 10.1. The minimum Gasteiger partial charge on any atom is -0.294 e. The molecule has 0 spiro atoms. The largest absolute Gasteiger partial charge is 0.294 e. The summed E-state index contributed by atoms with van der Waals surface area (Å²) in [5, 5.41) is 2.31. The SMILES string of the molecule is CC(CC1CC1)N1CC(=O)NC(=O)C1. The van der Waals surface area contributed by atoms with Gasteiger partial charge in [-0.2, -0.15) is 0 Å². The van der Waals surface area contributed by atoms with Crippen molar-refractivity contribution < 1.29 is 9.59 Å². The van der Waals surface area contributed by atoms with Crippen molar-refractivity contribution in [3.8, 4) is 0 Å². The molecule has 0 radical (unpaired) electrons. The molecule has 0 aromatic carbocycles. The van der Waals surface area contributed by atoms with Gasteiger partial charge in [0.25, 0.3) is 0 Å². The number of carbonyl (C=O) groups is 2. The third-order valence-electron chi connectivity index (χ3n) is 2.97. The first-order valence-electron chi connectivity index (χ1n) is 5.22. The van der Waals surface area contributed by atoms with Crippen LogP contribution in [0.25, 0.3) is 0 Å². The Kier molecular flexibility index (Phi) is 2.54. The summed E-state index contributed by atoms with van der Waals surface area (Å²) in [6.45, 7) is 2.85. The second-order valence-electron chi connectivity index (χ2n) is 4.40. The molecular formula is C10H16N2O2. The highest BCUT2D eigenvalue weighted by Gasteiger charge is 2.30. The van der Waals surface area contributed by atoms with Gasteiger partial charge < -0.3 is 0 Å². The van der Waals surface area contributed by atoms with E-state index in [-0.39, 0.29) is 11.8 Å². The van der Waals surface area contributed by atoms with Crippen molar-refractivity contribution in [2.75, 3.05) is 13.1 Å². The fourth-order valence-corrected chi connectivity index (χ4v) is 1.96. The molecule has 4 heteroatoms. The number of nitrogens with zero attached hydrogens (tertiary/aromatic N) is 1. The van der Waals surface area contributed by atoms with Gasteiger partial charge in [0, 0.05) is 6.04 Å². The van der Waals surface area contributed by atoms with Crippen molar-refractivity contribution in [3.05, 3.63) is 0 Å². The zero-order chi connectivity index (χ0) is 10.1. The average Bonchev–Trinajstić information content (AvgIpc) is 2.86. The van der Waals surface area contributed by atoms with E-state index in [0.29, 0.717) is 19.1 Å². The topological polar surface area (TPSA) is 49.4 Å². The van der Waals surface area contributed by atoms with Gasteiger partial charge in [-0.1, -0.05) is 12.8 Å². The van der Waals surface area contributed by atoms with Crippen LogP contribution in [0.5, 0.6) is 0 Å². The molecule has 1 saturated heterocycles. The van der Waals surface area contributed by atoms with Gasteiger partial charge in [-0.15, -0.1) is 0 Å². The van der Waals surface area contributed by atoms with Crippen molar-refractivity contribution in [1.29, 1.82) is 0 Å². The molecule has 2 fully saturated rings. The normalized spacial score (nSPS) is 26.1. The van der Waals surface area contributed by atoms with Gasteiger partial charge in [-0.05, 0) is 19.3 Å². The molecular weight excluding hydrogens is 180 g/mol. The molecule has 14 heavy (non-hydrogen) atoms. The van der Waals surface area contributed by atoms with Crippen LogP contribution in [0.1, 0.15) is 26.2 Å². The zero-order valence-corrected chi connectivity index (χ0v) is 8.45. The van der Waals surface area contributed by atoms with Crippen LogP contribution < -0.4 is 5.32 Å². The maximum Gasteiger partial charge on any atom is 0.240 e. The second kappa shape index (κ2) is 3.69. The van der Waals surface area contributed by atoms with Crippen molar-refractivity contribution in [1.82, 2.24) is 10.2 Å². The summed E-state index contributed by atoms with van der Waals surface area (Å²) in [4.78, 5) is 24.2. The van der Waals surface area contributed by atoms with Crippen LogP contribution in [0.4, 0.5) is 0 Å². The maximum absolute atomic E-state index is 11.1. The Morgan fingerprint density at radius 3 is 2.43 bits per heavy atom. The van der Waals surface area contributed by atoms with Crippen LogP contribution in [0, 0.1) is 5.92 Å². The molecule has 1 unspecified atom stereocenters. The van der Waals surface area contributed by atoms with Crippen LogP contribution in [0.15, 0.2) is 0 Å². The number of carbonyl (C=O) groups excluding carboxylic acids is 2. The molecule has 78 valence electrons. The molecule has 0 aromatic heterocycles. The minimum absolute atomic E-state index is 0.163. The van der Waals surface area contributed by atoms with E-state index in [0.717, 1.165) is 12.3 Å². The van der Waals surface area contributed by atoms with E-state index in [1.807, 2.05) is 4.90 Å². The molecule has 1 aliphatic carbocycles. The fraction of sp³-hybridized carbons (Fsp3) is 0.800. The lowest BCUT2D eigenvalue weighted by Gasteiger charge is -2.30. The van der Waals surface area contributed by atoms with E-state index in [1.165, 1.54) is 12.8 Å². The summed E-state index contributed by atoms with van der Waals surface area (Å²) in [6.07, 6.45) is 3.76. The van der Waals surface area contributed by atoms with Crippen LogP contribution in [-0.2, 0) is 9.59 Å². The predicted molar refractivity (Wildman–Crippen MR) is 51.5 cm³/mol. The fourth-order valence-electron chi connectivity index (χ4n) is 1.96. The van der Waals surface area contributed by atoms with Crippen molar-refractivity contribution >= 4 is 11.8 Å². The summed E-state index contributed by atoms with van der Waals surface area (Å²) < 4.78 is 0. The van der Waals surface area contributed by atoms with Crippen LogP contribution in [0.2, 0.25) is 0 Å². The predicted octanol–water partition coefficient (Wildman–Crippen LogP) is 0.133. The van der Waals surface area contributed by atoms with E-state index in [9.17, 15) is 9.59 Å². The standard InChI is InChI=1S/C10H16N2O2/c1-7(4-8-2-3-8)12-5-9(13)11-10(14)6-12/h7-8H,2-6H2,1H3,(H,11,13,14). The van der Waals surface area contributed by atoms with Gasteiger partial charge in [0.05, 0.1) is 13.1 Å². The summed E-state index contributed by atoms with van der Waals surface area (Å²) >= 11 is 0. The number of imide groups is 1. The third kappa shape index (κ3) is 2.32. The summed E-state index contributed by atoms with van der Waals surface area (Å²) in [7, 11) is 0. The van der Waals surface area contributed by atoms with E-state index >= 15 is 0 Å². The Morgan fingerprint density at radius 1 is 1.36 bits per heavy atom. The molecule has 0 aromatic rings. The van der Waals surface area contributed by atoms with Gasteiger partial charge in [-0.25, -0.2) is 0 Å². The summed E-state index contributed by atoms with van der Waals surface area (Å²) in [5.74, 6) is 0.512. The van der Waals surface area contributed by atoms with Gasteiger partial charge in [0.15, 0.2) is 0 Å². The lowest BCUT2D eigenvalue weighted by molar-refractivity contribution is -0.137. The van der Waals surface area contributed by atoms with E-state index in [2.05, 4.69) is 12.2 Å². The summed E-state index contributed by atoms with van der Waals surface area (Å²) in [5.41, 5.74) is 0. The molecule has 2 aliphatic rings. The Labute approximate surface area is 83.6 Å². The number of rotatable bonds is 3. The Bertz CT molecular complexity index is 245. The first kappa shape index (κ1) is 9.65. The number of nitrogens with one attached hydrogen (secondary N) is 1. The number of hydrogen-bond acceptors (Lipinski definition) is 3. The van der Waals surface area contributed by atoms with Crippen molar-refractivity contribution in [2.45, 2.75) is 32.2 Å². The van der Waals surface area contributed by atoms with Crippen molar-refractivity contribution in [2.24, 2.45) is 5.92 Å². The minimum atomic E-state index is -0.163. The Balaban J connectivity index is 1.87. The third-order valence-corrected chi connectivity index (χ3v) is 2.97. The molecule has 2 amide bonds. The molecule has 1 aliphatic heterocycles. The Morgan fingerprint density at radius 2 is 1.93 bits per heavy atom. The maximum atomic E-state index is 11.1. The first-order valence-corrected chi connectivity index (χ1v) is 5.22. The highest BCUT2D eigenvalue weighted by atomic mass is 16.2. The smallest absolute Gasteiger partial charge is 0.240 e. The second-order valence-corrected chi connectivity index (χ2v) is 4.40. The highest BCUT2D eigenvalue weighted by Crippen LogP contribution is 2.34. The van der Waals surface area contributed by atoms with E-state index in [4.69, 9.17) is 0 Å². The Hall–Kier alpha value is -0.900. The lowest BCUT2D eigenvalue weighted by Crippen LogP contribution is -2.54. The molecule has 0 bridgehead atoms. The molecule has 1 heterocycles. The molecule has 2 rings (SSSR count). The highest BCUT2D eigenvalue weighted by molar-refractivity contribution is 5.99. The van der Waals surface area contributed by atoms with E-state index < -0.39 is 0 Å². The zero-order valence-electron chi connectivity index (χ0n) is 8.45. The van der Waals surface area contributed by atoms with Crippen LogP contribution in [-0.4, -0.2) is 35.8 Å². The number of piperazine rings is 1. The molecule has 1 atom stereocenters. The summed E-state index contributed by atoms with van der Waals surface area (Å²) in [6, 6.07) is 0.359. The average molecular weight is 196 g/mol. The van der Waals surface area contributed by atoms with Gasteiger partial charge >= 0.3 is 0 Å². The molecule has 1 saturated carbocycles. The quantitative estimate of drug-likeness (QED) is 0.653. The first-order chi connectivity index (χ1) is 6.65.